The second-order valence-electron chi connectivity index (χ2n) is 7.38. The Labute approximate surface area is 165 Å². The summed E-state index contributed by atoms with van der Waals surface area (Å²) in [6.07, 6.45) is 5.08. The molecule has 1 atom stereocenters. The van der Waals surface area contributed by atoms with Gasteiger partial charge in [0.2, 0.25) is 5.91 Å². The number of nitrogens with one attached hydrogen (secondary N) is 2. The van der Waals surface area contributed by atoms with Crippen molar-refractivity contribution in [3.05, 3.63) is 30.5 Å². The number of benzene rings is 1. The number of rotatable bonds is 5. The average Bonchev–Trinajstić information content (AvgIpc) is 3.18. The molecule has 1 amide bonds. The van der Waals surface area contributed by atoms with Crippen LogP contribution in [0.3, 0.4) is 0 Å². The van der Waals surface area contributed by atoms with Gasteiger partial charge in [0.15, 0.2) is 0 Å². The molecular formula is C20H26ClN3O3. The fourth-order valence-corrected chi connectivity index (χ4v) is 4.19. The molecule has 6 nitrogen and oxygen atoms in total. The zero-order valence-corrected chi connectivity index (χ0v) is 16.3. The number of hydrogen-bond donors (Lipinski definition) is 2. The molecule has 2 fully saturated rings. The van der Waals surface area contributed by atoms with Gasteiger partial charge < -0.3 is 19.9 Å². The van der Waals surface area contributed by atoms with Gasteiger partial charge in [-0.2, -0.15) is 0 Å². The molecule has 2 heterocycles. The maximum absolute atomic E-state index is 12.6. The summed E-state index contributed by atoms with van der Waals surface area (Å²) in [6.45, 7) is 4.41. The van der Waals surface area contributed by atoms with E-state index < -0.39 is 0 Å². The number of carbonyl (C=O) groups excluding carboxylic acids is 2. The molecule has 2 aliphatic rings. The van der Waals surface area contributed by atoms with Crippen molar-refractivity contribution in [2.24, 2.45) is 11.3 Å². The standard InChI is InChI=1S/C20H25N3O3.ClH/c1-2-26-18(24)13-23-10-5-14-11-15(3-4-17(14)23)22-19(25)16-12-20(16)6-8-21-9-7-20;/h3-5,10-11,16,21H,2,6-9,12-13H2,1H3,(H,22,25);1H. The third-order valence-corrected chi connectivity index (χ3v) is 5.75. The molecular weight excluding hydrogens is 366 g/mol. The van der Waals surface area contributed by atoms with E-state index in [-0.39, 0.29) is 42.2 Å². The van der Waals surface area contributed by atoms with Crippen LogP contribution in [0, 0.1) is 11.3 Å². The Hall–Kier alpha value is -2.05. The fourth-order valence-electron chi connectivity index (χ4n) is 4.19. The van der Waals surface area contributed by atoms with Crippen LogP contribution < -0.4 is 10.6 Å². The Kier molecular flexibility index (Phi) is 5.77. The zero-order chi connectivity index (χ0) is 18.1. The smallest absolute Gasteiger partial charge is 0.325 e. The van der Waals surface area contributed by atoms with Gasteiger partial charge in [-0.3, -0.25) is 9.59 Å². The number of aromatic nitrogens is 1. The lowest BCUT2D eigenvalue weighted by Crippen LogP contribution is -2.31. The number of anilines is 1. The predicted octanol–water partition coefficient (Wildman–Crippen LogP) is 2.95. The lowest BCUT2D eigenvalue weighted by atomic mass is 9.92. The van der Waals surface area contributed by atoms with Gasteiger partial charge in [-0.05, 0) is 69.0 Å². The number of carbonyl (C=O) groups is 2. The Morgan fingerprint density at radius 3 is 2.81 bits per heavy atom. The highest BCUT2D eigenvalue weighted by molar-refractivity contribution is 5.97. The van der Waals surface area contributed by atoms with Crippen molar-refractivity contribution in [1.29, 1.82) is 0 Å². The number of halogens is 1. The number of fused-ring (bicyclic) bond motifs is 1. The van der Waals surface area contributed by atoms with E-state index in [0.29, 0.717) is 6.61 Å². The molecule has 1 saturated heterocycles. The van der Waals surface area contributed by atoms with Gasteiger partial charge in [-0.1, -0.05) is 0 Å². The van der Waals surface area contributed by atoms with Crippen LogP contribution >= 0.6 is 12.4 Å². The Morgan fingerprint density at radius 2 is 2.07 bits per heavy atom. The van der Waals surface area contributed by atoms with Crippen LogP contribution in [0.1, 0.15) is 26.2 Å². The van der Waals surface area contributed by atoms with Crippen LogP contribution in [0.25, 0.3) is 10.9 Å². The molecule has 4 rings (SSSR count). The summed E-state index contributed by atoms with van der Waals surface area (Å²) in [5.74, 6) is 0.0364. The summed E-state index contributed by atoms with van der Waals surface area (Å²) in [5.41, 5.74) is 2.01. The van der Waals surface area contributed by atoms with Gasteiger partial charge in [0.1, 0.15) is 6.54 Å². The first-order valence-electron chi connectivity index (χ1n) is 9.37. The number of hydrogen-bond acceptors (Lipinski definition) is 4. The van der Waals surface area contributed by atoms with Crippen molar-refractivity contribution in [3.8, 4) is 0 Å². The summed E-state index contributed by atoms with van der Waals surface area (Å²) in [7, 11) is 0. The van der Waals surface area contributed by atoms with E-state index in [1.165, 1.54) is 0 Å². The molecule has 146 valence electrons. The van der Waals surface area contributed by atoms with E-state index in [0.717, 1.165) is 48.9 Å². The van der Waals surface area contributed by atoms with E-state index in [9.17, 15) is 9.59 Å². The maximum atomic E-state index is 12.6. The molecule has 1 saturated carbocycles. The van der Waals surface area contributed by atoms with Crippen molar-refractivity contribution in [3.63, 3.8) is 0 Å². The molecule has 1 unspecified atom stereocenters. The van der Waals surface area contributed by atoms with Gasteiger partial charge in [0.05, 0.1) is 6.61 Å². The van der Waals surface area contributed by atoms with Gasteiger partial charge in [-0.15, -0.1) is 12.4 Å². The first-order chi connectivity index (χ1) is 12.6. The topological polar surface area (TPSA) is 72.4 Å². The molecule has 7 heteroatoms. The van der Waals surface area contributed by atoms with Crippen molar-refractivity contribution in [2.45, 2.75) is 32.7 Å². The molecule has 2 N–H and O–H groups in total. The lowest BCUT2D eigenvalue weighted by molar-refractivity contribution is -0.143. The average molecular weight is 392 g/mol. The molecule has 1 aliphatic heterocycles. The summed E-state index contributed by atoms with van der Waals surface area (Å²) >= 11 is 0. The molecule has 1 aliphatic carbocycles. The van der Waals surface area contributed by atoms with E-state index in [1.54, 1.807) is 6.92 Å². The first-order valence-corrected chi connectivity index (χ1v) is 9.37. The quantitative estimate of drug-likeness (QED) is 0.768. The van der Waals surface area contributed by atoms with E-state index in [2.05, 4.69) is 10.6 Å². The maximum Gasteiger partial charge on any atom is 0.325 e. The number of esters is 1. The lowest BCUT2D eigenvalue weighted by Gasteiger charge is -2.23. The van der Waals surface area contributed by atoms with Crippen LogP contribution in [0.5, 0.6) is 0 Å². The minimum atomic E-state index is -0.247. The number of piperidine rings is 1. The van der Waals surface area contributed by atoms with E-state index >= 15 is 0 Å². The van der Waals surface area contributed by atoms with Crippen LogP contribution in [0.4, 0.5) is 5.69 Å². The summed E-state index contributed by atoms with van der Waals surface area (Å²) in [6, 6.07) is 7.76. The molecule has 0 bridgehead atoms. The monoisotopic (exact) mass is 391 g/mol. The predicted molar refractivity (Wildman–Crippen MR) is 107 cm³/mol. The minimum absolute atomic E-state index is 0. The molecule has 1 spiro atoms. The molecule has 0 radical (unpaired) electrons. The molecule has 2 aromatic rings. The molecule has 1 aromatic heterocycles. The minimum Gasteiger partial charge on any atom is -0.465 e. The number of ether oxygens (including phenoxy) is 1. The largest absolute Gasteiger partial charge is 0.465 e. The summed E-state index contributed by atoms with van der Waals surface area (Å²) in [5, 5.41) is 7.44. The highest BCUT2D eigenvalue weighted by Crippen LogP contribution is 2.58. The van der Waals surface area contributed by atoms with Gasteiger partial charge in [-0.25, -0.2) is 0 Å². The second kappa shape index (κ2) is 7.90. The molecule has 1 aromatic carbocycles. The Morgan fingerprint density at radius 1 is 1.30 bits per heavy atom. The fraction of sp³-hybridized carbons (Fsp3) is 0.500. The third kappa shape index (κ3) is 3.96. The first kappa shape index (κ1) is 19.7. The Balaban J connectivity index is 0.00000210. The zero-order valence-electron chi connectivity index (χ0n) is 15.5. The Bertz CT molecular complexity index is 842. The van der Waals surface area contributed by atoms with Crippen molar-refractivity contribution < 1.29 is 14.3 Å². The second-order valence-corrected chi connectivity index (χ2v) is 7.38. The van der Waals surface area contributed by atoms with Gasteiger partial charge in [0, 0.05) is 28.7 Å². The highest BCUT2D eigenvalue weighted by atomic mass is 35.5. The normalized spacial score (nSPS) is 20.1. The SMILES string of the molecule is CCOC(=O)Cn1ccc2cc(NC(=O)C3CC34CCNCC4)ccc21.Cl. The number of nitrogens with zero attached hydrogens (tertiary/aromatic N) is 1. The molecule has 27 heavy (non-hydrogen) atoms. The summed E-state index contributed by atoms with van der Waals surface area (Å²) < 4.78 is 6.87. The van der Waals surface area contributed by atoms with Crippen LogP contribution in [0.2, 0.25) is 0 Å². The van der Waals surface area contributed by atoms with Crippen molar-refractivity contribution in [2.75, 3.05) is 25.0 Å². The van der Waals surface area contributed by atoms with Gasteiger partial charge >= 0.3 is 5.97 Å². The van der Waals surface area contributed by atoms with Crippen molar-refractivity contribution in [1.82, 2.24) is 9.88 Å². The third-order valence-electron chi connectivity index (χ3n) is 5.75. The van der Waals surface area contributed by atoms with Crippen LogP contribution in [0.15, 0.2) is 30.5 Å². The van der Waals surface area contributed by atoms with Crippen molar-refractivity contribution >= 4 is 40.9 Å². The van der Waals surface area contributed by atoms with Crippen LogP contribution in [-0.2, 0) is 20.9 Å². The summed E-state index contributed by atoms with van der Waals surface area (Å²) in [4.78, 5) is 24.3. The van der Waals surface area contributed by atoms with Gasteiger partial charge in [0.25, 0.3) is 0 Å². The van der Waals surface area contributed by atoms with E-state index in [4.69, 9.17) is 4.74 Å². The van der Waals surface area contributed by atoms with E-state index in [1.807, 2.05) is 35.0 Å². The highest BCUT2D eigenvalue weighted by Gasteiger charge is 2.57. The number of amides is 1. The van der Waals surface area contributed by atoms with Crippen LogP contribution in [-0.4, -0.2) is 36.1 Å².